The fourth-order valence-electron chi connectivity index (χ4n) is 2.06. The number of nitrogens with one attached hydrogen (secondary N) is 1. The molecule has 0 aromatic heterocycles. The van der Waals surface area contributed by atoms with E-state index < -0.39 is 5.54 Å². The van der Waals surface area contributed by atoms with Crippen molar-refractivity contribution in [2.45, 2.75) is 46.6 Å². The monoisotopic (exact) mass is 293 g/mol. The van der Waals surface area contributed by atoms with Gasteiger partial charge in [0.2, 0.25) is 0 Å². The van der Waals surface area contributed by atoms with Crippen molar-refractivity contribution >= 4 is 5.97 Å². The molecule has 1 rings (SSSR count). The minimum absolute atomic E-state index is 0.246. The van der Waals surface area contributed by atoms with Gasteiger partial charge >= 0.3 is 5.97 Å². The lowest BCUT2D eigenvalue weighted by Crippen LogP contribution is -2.55. The summed E-state index contributed by atoms with van der Waals surface area (Å²) in [7, 11) is 0. The first-order valence-electron chi connectivity index (χ1n) is 7.55. The highest BCUT2D eigenvalue weighted by molar-refractivity contribution is 5.80. The molecule has 0 aliphatic carbocycles. The number of rotatable bonds is 8. The van der Waals surface area contributed by atoms with E-state index in [2.05, 4.69) is 18.3 Å². The van der Waals surface area contributed by atoms with Gasteiger partial charge in [-0.05, 0) is 52.3 Å². The van der Waals surface area contributed by atoms with Crippen LogP contribution in [0.4, 0.5) is 0 Å². The van der Waals surface area contributed by atoms with E-state index in [4.69, 9.17) is 9.47 Å². The molecule has 118 valence electrons. The lowest BCUT2D eigenvalue weighted by molar-refractivity contribution is -0.151. The van der Waals surface area contributed by atoms with Crippen LogP contribution in [0.15, 0.2) is 18.2 Å². The second-order valence-corrected chi connectivity index (χ2v) is 5.54. The van der Waals surface area contributed by atoms with E-state index in [0.717, 1.165) is 24.3 Å². The molecule has 0 fully saturated rings. The van der Waals surface area contributed by atoms with Gasteiger partial charge in [-0.25, -0.2) is 4.79 Å². The van der Waals surface area contributed by atoms with E-state index in [1.54, 1.807) is 0 Å². The number of ether oxygens (including phenoxy) is 2. The summed E-state index contributed by atoms with van der Waals surface area (Å²) in [4.78, 5) is 12.2. The van der Waals surface area contributed by atoms with E-state index in [1.807, 2.05) is 39.8 Å². The van der Waals surface area contributed by atoms with Crippen molar-refractivity contribution < 1.29 is 14.3 Å². The van der Waals surface area contributed by atoms with E-state index in [9.17, 15) is 4.79 Å². The van der Waals surface area contributed by atoms with Crippen molar-refractivity contribution in [1.82, 2.24) is 5.32 Å². The van der Waals surface area contributed by atoms with Gasteiger partial charge in [-0.3, -0.25) is 5.32 Å². The molecular weight excluding hydrogens is 266 g/mol. The summed E-state index contributed by atoms with van der Waals surface area (Å²) in [6, 6.07) is 6.01. The summed E-state index contributed by atoms with van der Waals surface area (Å²) in [6.07, 6.45) is 0.943. The van der Waals surface area contributed by atoms with Crippen molar-refractivity contribution in [2.24, 2.45) is 0 Å². The molecule has 0 bridgehead atoms. The Hall–Kier alpha value is -1.55. The minimum atomic E-state index is -0.830. The number of benzene rings is 1. The van der Waals surface area contributed by atoms with Gasteiger partial charge in [0.25, 0.3) is 0 Å². The molecule has 0 radical (unpaired) electrons. The first-order valence-corrected chi connectivity index (χ1v) is 7.55. The summed E-state index contributed by atoms with van der Waals surface area (Å²) < 4.78 is 11.0. The zero-order valence-electron chi connectivity index (χ0n) is 13.8. The Kier molecular flexibility index (Phi) is 6.69. The first-order chi connectivity index (χ1) is 9.92. The molecule has 1 aromatic rings. The van der Waals surface area contributed by atoms with E-state index in [0.29, 0.717) is 6.61 Å². The third kappa shape index (κ3) is 5.05. The van der Waals surface area contributed by atoms with E-state index in [-0.39, 0.29) is 12.6 Å². The lowest BCUT2D eigenvalue weighted by atomic mass is 10.0. The third-order valence-corrected chi connectivity index (χ3v) is 3.34. The van der Waals surface area contributed by atoms with Crippen LogP contribution in [0, 0.1) is 13.8 Å². The maximum atomic E-state index is 12.2. The number of aryl methyl sites for hydroxylation is 2. The van der Waals surface area contributed by atoms with Crippen LogP contribution in [0.25, 0.3) is 0 Å². The summed E-state index contributed by atoms with van der Waals surface area (Å²) in [5.74, 6) is 0.526. The molecule has 21 heavy (non-hydrogen) atoms. The quantitative estimate of drug-likeness (QED) is 0.749. The maximum absolute atomic E-state index is 12.2. The lowest BCUT2D eigenvalue weighted by Gasteiger charge is -2.28. The molecule has 0 heterocycles. The molecule has 0 spiro atoms. The van der Waals surface area contributed by atoms with Crippen LogP contribution in [-0.4, -0.2) is 31.3 Å². The average Bonchev–Trinajstić information content (AvgIpc) is 2.44. The van der Waals surface area contributed by atoms with Crippen molar-refractivity contribution in [3.63, 3.8) is 0 Å². The zero-order chi connectivity index (χ0) is 15.9. The normalized spacial score (nSPS) is 13.6. The predicted octanol–water partition coefficient (Wildman–Crippen LogP) is 3.00. The van der Waals surface area contributed by atoms with Gasteiger partial charge < -0.3 is 9.47 Å². The van der Waals surface area contributed by atoms with Gasteiger partial charge in [-0.15, -0.1) is 0 Å². The van der Waals surface area contributed by atoms with Crippen molar-refractivity contribution in [2.75, 3.05) is 19.8 Å². The predicted molar refractivity (Wildman–Crippen MR) is 84.7 cm³/mol. The molecule has 0 saturated carbocycles. The number of esters is 1. The van der Waals surface area contributed by atoms with Crippen LogP contribution in [-0.2, 0) is 9.53 Å². The highest BCUT2D eigenvalue weighted by Gasteiger charge is 2.35. The van der Waals surface area contributed by atoms with Crippen LogP contribution < -0.4 is 10.1 Å². The molecule has 1 aromatic carbocycles. The highest BCUT2D eigenvalue weighted by atomic mass is 16.5. The molecule has 0 aliphatic rings. The van der Waals surface area contributed by atoms with Crippen molar-refractivity contribution in [3.8, 4) is 5.75 Å². The third-order valence-electron chi connectivity index (χ3n) is 3.34. The number of carbonyl (C=O) groups excluding carboxylic acids is 1. The van der Waals surface area contributed by atoms with Crippen LogP contribution >= 0.6 is 0 Å². The Balaban J connectivity index is 2.78. The number of hydrogen-bond donors (Lipinski definition) is 1. The Bertz CT molecular complexity index is 473. The molecule has 4 heteroatoms. The van der Waals surface area contributed by atoms with Gasteiger partial charge in [0, 0.05) is 0 Å². The Morgan fingerprint density at radius 2 is 2.00 bits per heavy atom. The maximum Gasteiger partial charge on any atom is 0.329 e. The fourth-order valence-corrected chi connectivity index (χ4v) is 2.06. The molecule has 0 amide bonds. The van der Waals surface area contributed by atoms with E-state index in [1.165, 1.54) is 5.56 Å². The minimum Gasteiger partial charge on any atom is -0.491 e. The molecule has 4 nitrogen and oxygen atoms in total. The van der Waals surface area contributed by atoms with Gasteiger partial charge in [0.1, 0.15) is 17.9 Å². The SMILES string of the molecule is CCCNC(C)(COc1ccc(C)cc1C)C(=O)OCC. The summed E-state index contributed by atoms with van der Waals surface area (Å²) in [6.45, 7) is 11.1. The topological polar surface area (TPSA) is 47.6 Å². The van der Waals surface area contributed by atoms with E-state index >= 15 is 0 Å². The van der Waals surface area contributed by atoms with Gasteiger partial charge in [0.15, 0.2) is 0 Å². The highest BCUT2D eigenvalue weighted by Crippen LogP contribution is 2.20. The standard InChI is InChI=1S/C17H27NO3/c1-6-10-18-17(5,16(19)20-7-2)12-21-15-9-8-13(3)11-14(15)4/h8-9,11,18H,6-7,10,12H2,1-5H3. The fraction of sp³-hybridized carbons (Fsp3) is 0.588. The molecule has 1 N–H and O–H groups in total. The second kappa shape index (κ2) is 8.03. The van der Waals surface area contributed by atoms with Crippen LogP contribution in [0.2, 0.25) is 0 Å². The Labute approximate surface area is 127 Å². The molecule has 1 unspecified atom stereocenters. The van der Waals surface area contributed by atoms with Crippen molar-refractivity contribution in [1.29, 1.82) is 0 Å². The smallest absolute Gasteiger partial charge is 0.329 e. The molecular formula is C17H27NO3. The molecule has 0 aliphatic heterocycles. The largest absolute Gasteiger partial charge is 0.491 e. The van der Waals surface area contributed by atoms with Gasteiger partial charge in [-0.2, -0.15) is 0 Å². The summed E-state index contributed by atoms with van der Waals surface area (Å²) >= 11 is 0. The second-order valence-electron chi connectivity index (χ2n) is 5.54. The zero-order valence-corrected chi connectivity index (χ0v) is 13.8. The Morgan fingerprint density at radius 3 is 2.57 bits per heavy atom. The van der Waals surface area contributed by atoms with Crippen LogP contribution in [0.5, 0.6) is 5.75 Å². The van der Waals surface area contributed by atoms with Gasteiger partial charge in [-0.1, -0.05) is 24.6 Å². The Morgan fingerprint density at radius 1 is 1.29 bits per heavy atom. The molecule has 0 saturated heterocycles. The summed E-state index contributed by atoms with van der Waals surface area (Å²) in [5, 5.41) is 3.23. The van der Waals surface area contributed by atoms with Crippen molar-refractivity contribution in [3.05, 3.63) is 29.3 Å². The number of hydrogen-bond acceptors (Lipinski definition) is 4. The number of carbonyl (C=O) groups is 1. The molecule has 1 atom stereocenters. The first kappa shape index (κ1) is 17.5. The van der Waals surface area contributed by atoms with Crippen LogP contribution in [0.3, 0.4) is 0 Å². The van der Waals surface area contributed by atoms with Crippen LogP contribution in [0.1, 0.15) is 38.3 Å². The average molecular weight is 293 g/mol. The van der Waals surface area contributed by atoms with Gasteiger partial charge in [0.05, 0.1) is 6.61 Å². The summed E-state index contributed by atoms with van der Waals surface area (Å²) in [5.41, 5.74) is 1.43.